The highest BCUT2D eigenvalue weighted by Gasteiger charge is 2.35. The van der Waals surface area contributed by atoms with Crippen LogP contribution in [-0.2, 0) is 9.59 Å². The Morgan fingerprint density at radius 2 is 1.87 bits per heavy atom. The first-order chi connectivity index (χ1) is 14.5. The van der Waals surface area contributed by atoms with Crippen LogP contribution in [0.4, 0.5) is 9.18 Å². The van der Waals surface area contributed by atoms with Crippen LogP contribution in [0.5, 0.6) is 5.75 Å². The van der Waals surface area contributed by atoms with E-state index in [4.69, 9.17) is 4.74 Å². The highest BCUT2D eigenvalue weighted by atomic mass is 32.2. The van der Waals surface area contributed by atoms with Gasteiger partial charge in [0, 0.05) is 18.7 Å². The van der Waals surface area contributed by atoms with Gasteiger partial charge in [0.2, 0.25) is 0 Å². The number of hydrogen-bond donors (Lipinski definition) is 1. The van der Waals surface area contributed by atoms with Crippen molar-refractivity contribution in [1.82, 2.24) is 10.2 Å². The van der Waals surface area contributed by atoms with Gasteiger partial charge in [-0.3, -0.25) is 19.3 Å². The molecular weight excluding hydrogens is 407 g/mol. The van der Waals surface area contributed by atoms with Crippen LogP contribution in [0, 0.1) is 5.82 Å². The van der Waals surface area contributed by atoms with E-state index in [1.807, 2.05) is 25.1 Å². The Balaban J connectivity index is 1.55. The molecule has 6 nitrogen and oxygen atoms in total. The van der Waals surface area contributed by atoms with Crippen molar-refractivity contribution in [2.24, 2.45) is 0 Å². The van der Waals surface area contributed by atoms with E-state index in [-0.39, 0.29) is 29.5 Å². The van der Waals surface area contributed by atoms with E-state index in [2.05, 4.69) is 5.32 Å². The van der Waals surface area contributed by atoms with Gasteiger partial charge in [0.25, 0.3) is 17.1 Å². The molecule has 1 heterocycles. The number of ether oxygens (including phenoxy) is 1. The lowest BCUT2D eigenvalue weighted by molar-refractivity contribution is -0.128. The fourth-order valence-corrected chi connectivity index (χ4v) is 3.67. The molecular formula is C22H21FN2O4S. The van der Waals surface area contributed by atoms with E-state index < -0.39 is 23.1 Å². The second-order valence-corrected chi connectivity index (χ2v) is 7.47. The van der Waals surface area contributed by atoms with Crippen LogP contribution in [0.1, 0.15) is 18.9 Å². The summed E-state index contributed by atoms with van der Waals surface area (Å²) in [5.41, 5.74) is 0.236. The van der Waals surface area contributed by atoms with Gasteiger partial charge in [0.1, 0.15) is 11.6 Å². The second-order valence-electron chi connectivity index (χ2n) is 6.47. The molecule has 1 saturated heterocycles. The Kier molecular flexibility index (Phi) is 7.24. The number of rotatable bonds is 8. The minimum Gasteiger partial charge on any atom is -0.481 e. The maximum absolute atomic E-state index is 13.8. The van der Waals surface area contributed by atoms with Crippen molar-refractivity contribution in [3.05, 3.63) is 70.9 Å². The summed E-state index contributed by atoms with van der Waals surface area (Å²) < 4.78 is 19.5. The molecule has 3 amide bonds. The molecule has 0 bridgehead atoms. The largest absolute Gasteiger partial charge is 0.481 e. The number of carbonyl (C=O) groups excluding carboxylic acids is 3. The van der Waals surface area contributed by atoms with Gasteiger partial charge in [-0.15, -0.1) is 0 Å². The first-order valence-corrected chi connectivity index (χ1v) is 10.3. The van der Waals surface area contributed by atoms with Crippen molar-refractivity contribution in [2.75, 3.05) is 13.1 Å². The maximum Gasteiger partial charge on any atom is 0.293 e. The zero-order valence-corrected chi connectivity index (χ0v) is 17.2. The number of nitrogens with one attached hydrogen (secondary N) is 1. The van der Waals surface area contributed by atoms with Gasteiger partial charge in [0.15, 0.2) is 6.10 Å². The molecule has 1 aliphatic heterocycles. The Labute approximate surface area is 178 Å². The zero-order valence-electron chi connectivity index (χ0n) is 16.3. The number of amides is 3. The number of imide groups is 1. The van der Waals surface area contributed by atoms with E-state index in [1.54, 1.807) is 24.3 Å². The summed E-state index contributed by atoms with van der Waals surface area (Å²) >= 11 is 0.751. The molecule has 1 N–H and O–H groups in total. The van der Waals surface area contributed by atoms with Crippen LogP contribution >= 0.6 is 11.8 Å². The first kappa shape index (κ1) is 21.6. The molecule has 1 aliphatic rings. The fourth-order valence-electron chi connectivity index (χ4n) is 2.82. The predicted molar refractivity (Wildman–Crippen MR) is 113 cm³/mol. The van der Waals surface area contributed by atoms with Crippen LogP contribution in [0.15, 0.2) is 59.5 Å². The average Bonchev–Trinajstić information content (AvgIpc) is 3.01. The van der Waals surface area contributed by atoms with E-state index in [9.17, 15) is 18.8 Å². The first-order valence-electron chi connectivity index (χ1n) is 9.49. The van der Waals surface area contributed by atoms with Crippen molar-refractivity contribution in [1.29, 1.82) is 0 Å². The third-order valence-electron chi connectivity index (χ3n) is 4.38. The molecule has 1 fully saturated rings. The number of para-hydroxylation sites is 1. The summed E-state index contributed by atoms with van der Waals surface area (Å²) in [6.07, 6.45) is 1.15. The smallest absolute Gasteiger partial charge is 0.293 e. The number of hydrogen-bond acceptors (Lipinski definition) is 5. The molecule has 2 aromatic carbocycles. The van der Waals surface area contributed by atoms with Crippen LogP contribution < -0.4 is 10.1 Å². The summed E-state index contributed by atoms with van der Waals surface area (Å²) in [6.45, 7) is 1.95. The molecule has 3 rings (SSSR count). The highest BCUT2D eigenvalue weighted by molar-refractivity contribution is 8.18. The minimum absolute atomic E-state index is 0.0206. The molecule has 156 valence electrons. The third-order valence-corrected chi connectivity index (χ3v) is 5.29. The lowest BCUT2D eigenvalue weighted by Gasteiger charge is -2.18. The Morgan fingerprint density at radius 3 is 2.57 bits per heavy atom. The predicted octanol–water partition coefficient (Wildman–Crippen LogP) is 3.84. The standard InChI is InChI=1S/C22H21FN2O4S/c1-2-18(29-16-9-4-3-5-10-16)20(26)24-12-13-25-21(27)19(30-22(25)28)14-15-8-6-7-11-17(15)23/h3-11,14,18H,2,12-13H2,1H3,(H,24,26)/b19-14-. The van der Waals surface area contributed by atoms with E-state index in [1.165, 1.54) is 18.2 Å². The minimum atomic E-state index is -0.678. The van der Waals surface area contributed by atoms with E-state index >= 15 is 0 Å². The summed E-state index contributed by atoms with van der Waals surface area (Å²) in [5, 5.41) is 2.24. The van der Waals surface area contributed by atoms with Crippen LogP contribution in [0.2, 0.25) is 0 Å². The van der Waals surface area contributed by atoms with Gasteiger partial charge in [-0.25, -0.2) is 4.39 Å². The molecule has 8 heteroatoms. The third kappa shape index (κ3) is 5.27. The van der Waals surface area contributed by atoms with Crippen LogP contribution in [-0.4, -0.2) is 41.1 Å². The molecule has 0 spiro atoms. The zero-order chi connectivity index (χ0) is 21.5. The van der Waals surface area contributed by atoms with Crippen LogP contribution in [0.25, 0.3) is 6.08 Å². The van der Waals surface area contributed by atoms with Crippen molar-refractivity contribution in [3.8, 4) is 5.75 Å². The average molecular weight is 428 g/mol. The molecule has 0 aromatic heterocycles. The second kappa shape index (κ2) is 10.1. The summed E-state index contributed by atoms with van der Waals surface area (Å²) in [6, 6.07) is 15.0. The van der Waals surface area contributed by atoms with E-state index in [0.29, 0.717) is 12.2 Å². The van der Waals surface area contributed by atoms with Gasteiger partial charge in [0.05, 0.1) is 4.91 Å². The molecule has 30 heavy (non-hydrogen) atoms. The van der Waals surface area contributed by atoms with Crippen molar-refractivity contribution in [2.45, 2.75) is 19.4 Å². The molecule has 0 radical (unpaired) electrons. The quantitative estimate of drug-likeness (QED) is 0.647. The summed E-state index contributed by atoms with van der Waals surface area (Å²) in [4.78, 5) is 38.2. The van der Waals surface area contributed by atoms with Crippen molar-refractivity contribution in [3.63, 3.8) is 0 Å². The fraction of sp³-hybridized carbons (Fsp3) is 0.227. The molecule has 2 aromatic rings. The lowest BCUT2D eigenvalue weighted by Crippen LogP contribution is -2.42. The topological polar surface area (TPSA) is 75.7 Å². The van der Waals surface area contributed by atoms with Gasteiger partial charge in [-0.2, -0.15) is 0 Å². The van der Waals surface area contributed by atoms with Crippen molar-refractivity contribution < 1.29 is 23.5 Å². The Hall–Kier alpha value is -3.13. The number of nitrogens with zero attached hydrogens (tertiary/aromatic N) is 1. The van der Waals surface area contributed by atoms with Gasteiger partial charge < -0.3 is 10.1 Å². The van der Waals surface area contributed by atoms with Gasteiger partial charge in [-0.1, -0.05) is 43.3 Å². The highest BCUT2D eigenvalue weighted by Crippen LogP contribution is 2.32. The van der Waals surface area contributed by atoms with Crippen LogP contribution in [0.3, 0.4) is 0 Å². The molecule has 1 unspecified atom stereocenters. The Morgan fingerprint density at radius 1 is 1.17 bits per heavy atom. The van der Waals surface area contributed by atoms with Gasteiger partial charge in [-0.05, 0) is 42.5 Å². The lowest BCUT2D eigenvalue weighted by atomic mass is 10.2. The van der Waals surface area contributed by atoms with Gasteiger partial charge >= 0.3 is 0 Å². The normalized spacial score (nSPS) is 16.1. The Bertz CT molecular complexity index is 965. The maximum atomic E-state index is 13.8. The molecule has 0 saturated carbocycles. The number of thioether (sulfide) groups is 1. The number of halogens is 1. The van der Waals surface area contributed by atoms with E-state index in [0.717, 1.165) is 16.7 Å². The SMILES string of the molecule is CCC(Oc1ccccc1)C(=O)NCCN1C(=O)S/C(=C\c2ccccc2F)C1=O. The number of carbonyl (C=O) groups is 3. The molecule has 0 aliphatic carbocycles. The summed E-state index contributed by atoms with van der Waals surface area (Å²) in [7, 11) is 0. The molecule has 1 atom stereocenters. The monoisotopic (exact) mass is 428 g/mol. The number of benzene rings is 2. The summed E-state index contributed by atoms with van der Waals surface area (Å²) in [5.74, 6) is -0.713. The van der Waals surface area contributed by atoms with Crippen molar-refractivity contribution >= 4 is 34.9 Å².